The number of hydrogen-bond donors (Lipinski definition) is 1. The van der Waals surface area contributed by atoms with Gasteiger partial charge in [0.05, 0.1) is 17.4 Å². The van der Waals surface area contributed by atoms with E-state index in [1.807, 2.05) is 25.7 Å². The SMILES string of the molecule is CC(C)(C)OC(=O)N1CC2CCC(C1)c1cc3[nH]cnc3cc12. The molecule has 1 aromatic heterocycles. The molecule has 1 aliphatic carbocycles. The van der Waals surface area contributed by atoms with Crippen LogP contribution in [0.15, 0.2) is 18.5 Å². The van der Waals surface area contributed by atoms with Crippen LogP contribution in [-0.2, 0) is 4.74 Å². The first-order chi connectivity index (χ1) is 10.9. The van der Waals surface area contributed by atoms with E-state index < -0.39 is 5.60 Å². The number of H-pyrrole nitrogens is 1. The molecule has 1 amide bonds. The molecule has 1 aromatic carbocycles. The van der Waals surface area contributed by atoms with Gasteiger partial charge in [-0.25, -0.2) is 9.78 Å². The summed E-state index contributed by atoms with van der Waals surface area (Å²) in [5, 5.41) is 0. The van der Waals surface area contributed by atoms with Crippen LogP contribution < -0.4 is 0 Å². The van der Waals surface area contributed by atoms with Crippen molar-refractivity contribution in [2.75, 3.05) is 13.1 Å². The second kappa shape index (κ2) is 4.98. The van der Waals surface area contributed by atoms with Gasteiger partial charge in [0.25, 0.3) is 0 Å². The molecule has 2 aromatic rings. The van der Waals surface area contributed by atoms with Crippen LogP contribution in [0.2, 0.25) is 0 Å². The number of nitrogens with one attached hydrogen (secondary N) is 1. The predicted molar refractivity (Wildman–Crippen MR) is 88.6 cm³/mol. The molecule has 0 spiro atoms. The molecule has 1 fully saturated rings. The average molecular weight is 313 g/mol. The summed E-state index contributed by atoms with van der Waals surface area (Å²) in [6, 6.07) is 4.43. The first-order valence-corrected chi connectivity index (χ1v) is 8.35. The lowest BCUT2D eigenvalue weighted by Crippen LogP contribution is -2.38. The van der Waals surface area contributed by atoms with Crippen LogP contribution in [0.5, 0.6) is 0 Å². The number of ether oxygens (including phenoxy) is 1. The molecule has 2 atom stereocenters. The molecule has 5 nitrogen and oxygen atoms in total. The van der Waals surface area contributed by atoms with Gasteiger partial charge < -0.3 is 14.6 Å². The van der Waals surface area contributed by atoms with Crippen molar-refractivity contribution in [1.82, 2.24) is 14.9 Å². The number of hydrogen-bond acceptors (Lipinski definition) is 3. The topological polar surface area (TPSA) is 58.2 Å². The van der Waals surface area contributed by atoms with Gasteiger partial charge in [-0.2, -0.15) is 0 Å². The maximum Gasteiger partial charge on any atom is 0.410 e. The third kappa shape index (κ3) is 2.58. The van der Waals surface area contributed by atoms with E-state index in [9.17, 15) is 4.79 Å². The minimum absolute atomic E-state index is 0.189. The molecule has 0 radical (unpaired) electrons. The minimum Gasteiger partial charge on any atom is -0.444 e. The van der Waals surface area contributed by atoms with Crippen molar-refractivity contribution < 1.29 is 9.53 Å². The molecule has 5 heteroatoms. The minimum atomic E-state index is -0.449. The van der Waals surface area contributed by atoms with E-state index in [2.05, 4.69) is 22.1 Å². The molecular weight excluding hydrogens is 290 g/mol. The highest BCUT2D eigenvalue weighted by molar-refractivity contribution is 5.77. The highest BCUT2D eigenvalue weighted by Crippen LogP contribution is 2.44. The fraction of sp³-hybridized carbons (Fsp3) is 0.556. The van der Waals surface area contributed by atoms with Crippen LogP contribution in [0.1, 0.15) is 56.6 Å². The van der Waals surface area contributed by atoms with E-state index in [0.29, 0.717) is 11.8 Å². The monoisotopic (exact) mass is 313 g/mol. The standard InChI is InChI=1S/C18H23N3O2/c1-18(2,3)23-17(22)21-8-11-4-5-12(9-21)14-7-16-15(6-13(11)14)19-10-20-16/h6-7,10-12H,4-5,8-9H2,1-3H3,(H,19,20). The molecule has 0 saturated carbocycles. The number of nitrogens with zero attached hydrogens (tertiary/aromatic N) is 2. The lowest BCUT2D eigenvalue weighted by atomic mass is 9.78. The Balaban J connectivity index is 1.67. The van der Waals surface area contributed by atoms with Gasteiger partial charge in [0.2, 0.25) is 0 Å². The van der Waals surface area contributed by atoms with E-state index in [0.717, 1.165) is 37.0 Å². The number of carbonyl (C=O) groups excluding carboxylic acids is 1. The number of amides is 1. The molecular formula is C18H23N3O2. The van der Waals surface area contributed by atoms with Crippen molar-refractivity contribution in [3.8, 4) is 0 Å². The van der Waals surface area contributed by atoms with Crippen LogP contribution >= 0.6 is 0 Å². The van der Waals surface area contributed by atoms with Gasteiger partial charge in [0, 0.05) is 24.9 Å². The van der Waals surface area contributed by atoms with E-state index in [1.54, 1.807) is 6.33 Å². The van der Waals surface area contributed by atoms with Gasteiger partial charge in [0.15, 0.2) is 0 Å². The van der Waals surface area contributed by atoms with Crippen molar-refractivity contribution in [2.45, 2.75) is 51.0 Å². The fourth-order valence-corrected chi connectivity index (χ4v) is 3.90. The summed E-state index contributed by atoms with van der Waals surface area (Å²) in [5.41, 5.74) is 4.39. The van der Waals surface area contributed by atoms with Crippen LogP contribution in [0, 0.1) is 0 Å². The summed E-state index contributed by atoms with van der Waals surface area (Å²) in [6.07, 6.45) is 3.83. The normalized spacial score (nSPS) is 23.7. The van der Waals surface area contributed by atoms with Gasteiger partial charge in [-0.1, -0.05) is 0 Å². The third-order valence-corrected chi connectivity index (χ3v) is 4.90. The zero-order valence-corrected chi connectivity index (χ0v) is 13.9. The second-order valence-corrected chi connectivity index (χ2v) is 7.76. The van der Waals surface area contributed by atoms with Gasteiger partial charge in [-0.15, -0.1) is 0 Å². The summed E-state index contributed by atoms with van der Waals surface area (Å²) in [6.45, 7) is 7.24. The van der Waals surface area contributed by atoms with Crippen LogP contribution in [0.4, 0.5) is 4.79 Å². The maximum absolute atomic E-state index is 12.5. The number of rotatable bonds is 0. The van der Waals surface area contributed by atoms with Gasteiger partial charge >= 0.3 is 6.09 Å². The molecule has 5 rings (SSSR count). The zero-order chi connectivity index (χ0) is 16.2. The summed E-state index contributed by atoms with van der Waals surface area (Å²) < 4.78 is 5.59. The molecule has 1 saturated heterocycles. The Hall–Kier alpha value is -2.04. The van der Waals surface area contributed by atoms with Gasteiger partial charge in [-0.05, 0) is 56.9 Å². The van der Waals surface area contributed by atoms with Crippen molar-refractivity contribution in [2.24, 2.45) is 0 Å². The Kier molecular flexibility index (Phi) is 3.15. The van der Waals surface area contributed by atoms with Crippen molar-refractivity contribution in [3.05, 3.63) is 29.6 Å². The second-order valence-electron chi connectivity index (χ2n) is 7.76. The van der Waals surface area contributed by atoms with Crippen molar-refractivity contribution in [1.29, 1.82) is 0 Å². The quantitative estimate of drug-likeness (QED) is 0.805. The number of imidazole rings is 1. The van der Waals surface area contributed by atoms with Gasteiger partial charge in [0.1, 0.15) is 5.60 Å². The predicted octanol–water partition coefficient (Wildman–Crippen LogP) is 3.77. The van der Waals surface area contributed by atoms with E-state index >= 15 is 0 Å². The van der Waals surface area contributed by atoms with Crippen molar-refractivity contribution >= 4 is 17.1 Å². The molecule has 3 heterocycles. The molecule has 2 unspecified atom stereocenters. The fourth-order valence-electron chi connectivity index (χ4n) is 3.90. The Morgan fingerprint density at radius 1 is 1.22 bits per heavy atom. The molecule has 23 heavy (non-hydrogen) atoms. The lowest BCUT2D eigenvalue weighted by molar-refractivity contribution is 0.0246. The van der Waals surface area contributed by atoms with Crippen LogP contribution in [-0.4, -0.2) is 39.7 Å². The Bertz CT molecular complexity index is 711. The van der Waals surface area contributed by atoms with Crippen molar-refractivity contribution in [3.63, 3.8) is 0 Å². The third-order valence-electron chi connectivity index (χ3n) is 4.90. The highest BCUT2D eigenvalue weighted by Gasteiger charge is 2.37. The van der Waals surface area contributed by atoms with E-state index in [-0.39, 0.29) is 6.09 Å². The Morgan fingerprint density at radius 2 is 1.87 bits per heavy atom. The maximum atomic E-state index is 12.5. The number of fused-ring (bicyclic) bond motifs is 4. The van der Waals surface area contributed by atoms with E-state index in [1.165, 1.54) is 11.1 Å². The number of aromatic amines is 1. The summed E-state index contributed by atoms with van der Waals surface area (Å²) in [5.74, 6) is 0.779. The van der Waals surface area contributed by atoms with Crippen LogP contribution in [0.25, 0.3) is 11.0 Å². The zero-order valence-electron chi connectivity index (χ0n) is 13.9. The molecule has 122 valence electrons. The number of aromatic nitrogens is 2. The Labute approximate surface area is 136 Å². The molecule has 2 bridgehead atoms. The largest absolute Gasteiger partial charge is 0.444 e. The molecule has 2 aliphatic heterocycles. The molecule has 3 aliphatic rings. The average Bonchev–Trinajstić information content (AvgIpc) is 2.73. The Morgan fingerprint density at radius 3 is 2.52 bits per heavy atom. The van der Waals surface area contributed by atoms with Gasteiger partial charge in [-0.3, -0.25) is 0 Å². The number of carbonyl (C=O) groups is 1. The first-order valence-electron chi connectivity index (χ1n) is 8.35. The smallest absolute Gasteiger partial charge is 0.410 e. The highest BCUT2D eigenvalue weighted by atomic mass is 16.6. The summed E-state index contributed by atoms with van der Waals surface area (Å²) in [7, 11) is 0. The van der Waals surface area contributed by atoms with Crippen LogP contribution in [0.3, 0.4) is 0 Å². The lowest BCUT2D eigenvalue weighted by Gasteiger charge is -2.27. The molecule has 1 N–H and O–H groups in total. The number of benzene rings is 1. The summed E-state index contributed by atoms with van der Waals surface area (Å²) in [4.78, 5) is 22.0. The first kappa shape index (κ1) is 14.5. The van der Waals surface area contributed by atoms with E-state index in [4.69, 9.17) is 4.74 Å². The summed E-state index contributed by atoms with van der Waals surface area (Å²) >= 11 is 0.